The molecule has 8 heteroatoms. The number of halogens is 1. The van der Waals surface area contributed by atoms with Gasteiger partial charge in [-0.15, -0.1) is 0 Å². The molecule has 1 aromatic rings. The quantitative estimate of drug-likeness (QED) is 0.337. The van der Waals surface area contributed by atoms with Crippen molar-refractivity contribution >= 4 is 34.4 Å². The molecule has 0 aliphatic heterocycles. The van der Waals surface area contributed by atoms with Crippen LogP contribution >= 0.6 is 22.6 Å². The van der Waals surface area contributed by atoms with E-state index in [1.807, 2.05) is 29.2 Å². The van der Waals surface area contributed by atoms with Gasteiger partial charge in [-0.05, 0) is 66.0 Å². The lowest BCUT2D eigenvalue weighted by Gasteiger charge is -2.42. The smallest absolute Gasteiger partial charge is 0.247 e. The Balaban J connectivity index is 1.90. The van der Waals surface area contributed by atoms with Gasteiger partial charge >= 0.3 is 0 Å². The zero-order valence-electron chi connectivity index (χ0n) is 20.6. The number of carbonyl (C=O) groups is 2. The molecule has 0 spiro atoms. The molecule has 0 bridgehead atoms. The van der Waals surface area contributed by atoms with Crippen molar-refractivity contribution in [1.82, 2.24) is 10.2 Å². The van der Waals surface area contributed by atoms with E-state index >= 15 is 0 Å². The lowest BCUT2D eigenvalue weighted by molar-refractivity contribution is -0.140. The van der Waals surface area contributed by atoms with Gasteiger partial charge in [0.25, 0.3) is 0 Å². The molecule has 35 heavy (non-hydrogen) atoms. The van der Waals surface area contributed by atoms with Crippen LogP contribution in [0.5, 0.6) is 5.75 Å². The van der Waals surface area contributed by atoms with Gasteiger partial charge < -0.3 is 25.2 Å². The van der Waals surface area contributed by atoms with E-state index in [9.17, 15) is 14.7 Å². The molecule has 3 atom stereocenters. The molecular weight excluding hydrogens is 559 g/mol. The van der Waals surface area contributed by atoms with Crippen molar-refractivity contribution in [1.29, 1.82) is 0 Å². The molecule has 3 N–H and O–H groups in total. The van der Waals surface area contributed by atoms with E-state index in [-0.39, 0.29) is 31.4 Å². The Hall–Kier alpha value is -1.65. The molecule has 2 aliphatic carbocycles. The van der Waals surface area contributed by atoms with Crippen LogP contribution in [0.15, 0.2) is 35.9 Å². The third-order valence-electron chi connectivity index (χ3n) is 6.96. The van der Waals surface area contributed by atoms with E-state index in [1.54, 1.807) is 6.08 Å². The Morgan fingerprint density at radius 1 is 1.20 bits per heavy atom. The molecule has 3 rings (SSSR count). The molecule has 0 saturated heterocycles. The molecule has 0 radical (unpaired) electrons. The molecule has 2 amide bonds. The molecule has 1 aromatic carbocycles. The lowest BCUT2D eigenvalue weighted by Crippen LogP contribution is -2.56. The van der Waals surface area contributed by atoms with Crippen LogP contribution in [0.25, 0.3) is 0 Å². The second-order valence-corrected chi connectivity index (χ2v) is 10.8. The molecule has 0 aromatic heterocycles. The number of amides is 2. The highest BCUT2D eigenvalue weighted by Crippen LogP contribution is 2.32. The summed E-state index contributed by atoms with van der Waals surface area (Å²) in [5.41, 5.74) is 0.474. The Bertz CT molecular complexity index is 871. The summed E-state index contributed by atoms with van der Waals surface area (Å²) in [4.78, 5) is 28.1. The summed E-state index contributed by atoms with van der Waals surface area (Å²) >= 11 is 2.18. The van der Waals surface area contributed by atoms with E-state index < -0.39 is 18.2 Å². The van der Waals surface area contributed by atoms with E-state index in [0.717, 1.165) is 29.3 Å². The molecule has 0 unspecified atom stereocenters. The number of aliphatic hydroxyl groups is 2. The second-order valence-electron chi connectivity index (χ2n) is 9.60. The van der Waals surface area contributed by atoms with Crippen LogP contribution in [-0.4, -0.2) is 64.9 Å². The van der Waals surface area contributed by atoms with Gasteiger partial charge in [-0.25, -0.2) is 0 Å². The maximum Gasteiger partial charge on any atom is 0.247 e. The first-order chi connectivity index (χ1) is 16.9. The first kappa shape index (κ1) is 27.9. The number of ether oxygens (including phenoxy) is 1. The third kappa shape index (κ3) is 7.92. The number of aliphatic hydroxyl groups excluding tert-OH is 2. The second kappa shape index (κ2) is 14.2. The van der Waals surface area contributed by atoms with Gasteiger partial charge in [0.15, 0.2) is 0 Å². The van der Waals surface area contributed by atoms with Crippen LogP contribution in [0.1, 0.15) is 64.7 Å². The average molecular weight is 599 g/mol. The first-order valence-corrected chi connectivity index (χ1v) is 14.0. The van der Waals surface area contributed by atoms with E-state index in [4.69, 9.17) is 9.84 Å². The van der Waals surface area contributed by atoms with Crippen molar-refractivity contribution in [2.45, 2.75) is 83.0 Å². The molecule has 2 aliphatic rings. The fourth-order valence-corrected chi connectivity index (χ4v) is 5.52. The predicted molar refractivity (Wildman–Crippen MR) is 144 cm³/mol. The van der Waals surface area contributed by atoms with E-state index in [1.165, 1.54) is 19.3 Å². The van der Waals surface area contributed by atoms with Crippen LogP contribution in [-0.2, 0) is 9.59 Å². The zero-order chi connectivity index (χ0) is 25.2. The summed E-state index contributed by atoms with van der Waals surface area (Å²) in [6, 6.07) is 6.99. The monoisotopic (exact) mass is 598 g/mol. The average Bonchev–Trinajstić information content (AvgIpc) is 2.87. The maximum absolute atomic E-state index is 13.4. The minimum Gasteiger partial charge on any atom is -0.482 e. The molecule has 1 fully saturated rings. The highest BCUT2D eigenvalue weighted by atomic mass is 127. The van der Waals surface area contributed by atoms with Crippen LogP contribution in [0.3, 0.4) is 0 Å². The van der Waals surface area contributed by atoms with E-state index in [2.05, 4.69) is 34.8 Å². The Kier molecular flexibility index (Phi) is 11.3. The number of unbranched alkanes of at least 4 members (excludes halogenated alkanes) is 1. The van der Waals surface area contributed by atoms with Crippen LogP contribution in [0, 0.1) is 9.49 Å². The summed E-state index contributed by atoms with van der Waals surface area (Å²) in [5.74, 6) is 0.770. The highest BCUT2D eigenvalue weighted by Gasteiger charge is 2.41. The predicted octanol–water partition coefficient (Wildman–Crippen LogP) is 3.81. The summed E-state index contributed by atoms with van der Waals surface area (Å²) in [6.45, 7) is 2.65. The highest BCUT2D eigenvalue weighted by molar-refractivity contribution is 14.1. The van der Waals surface area contributed by atoms with Crippen LogP contribution in [0.2, 0.25) is 0 Å². The SMILES string of the molecule is CCCCC(=O)N(CC1CCCCC1)[C@@H]1CC(C(=O)NCCO)=C[C@H](Oc2ccccc2I)[C@H]1O. The Labute approximate surface area is 222 Å². The zero-order valence-corrected chi connectivity index (χ0v) is 22.8. The summed E-state index contributed by atoms with van der Waals surface area (Å²) in [7, 11) is 0. The number of carbonyl (C=O) groups excluding carboxylic acids is 2. The first-order valence-electron chi connectivity index (χ1n) is 12.9. The number of para-hydroxylation sites is 1. The Morgan fingerprint density at radius 2 is 1.94 bits per heavy atom. The van der Waals surface area contributed by atoms with Crippen LogP contribution < -0.4 is 10.1 Å². The fourth-order valence-electron chi connectivity index (χ4n) is 5.01. The molecule has 1 saturated carbocycles. The maximum atomic E-state index is 13.4. The van der Waals surface area contributed by atoms with Crippen molar-refractivity contribution in [3.05, 3.63) is 39.5 Å². The Morgan fingerprint density at radius 3 is 2.63 bits per heavy atom. The summed E-state index contributed by atoms with van der Waals surface area (Å²) in [6.07, 6.45) is 8.09. The number of hydrogen-bond donors (Lipinski definition) is 3. The third-order valence-corrected chi connectivity index (χ3v) is 7.85. The topological polar surface area (TPSA) is 99.1 Å². The van der Waals surface area contributed by atoms with Crippen molar-refractivity contribution < 1.29 is 24.5 Å². The number of rotatable bonds is 11. The van der Waals surface area contributed by atoms with E-state index in [0.29, 0.717) is 30.2 Å². The molecule has 194 valence electrons. The van der Waals surface area contributed by atoms with Gasteiger partial charge in [0.2, 0.25) is 11.8 Å². The standard InChI is InChI=1S/C27H39IN2O5/c1-2-3-13-25(32)30(18-19-9-5-4-6-10-19)22-16-20(27(34)29-14-15-31)17-24(26(22)33)35-23-12-8-7-11-21(23)28/h7-8,11-12,17,19,22,24,26,31,33H,2-6,9-10,13-16,18H2,1H3,(H,29,34)/t22-,24+,26+/m1/s1. The number of hydrogen-bond acceptors (Lipinski definition) is 5. The van der Waals surface area contributed by atoms with Gasteiger partial charge in [-0.1, -0.05) is 44.7 Å². The van der Waals surface area contributed by atoms with Crippen molar-refractivity contribution in [3.63, 3.8) is 0 Å². The number of nitrogens with zero attached hydrogens (tertiary/aromatic N) is 1. The molecular formula is C27H39IN2O5. The van der Waals surface area contributed by atoms with Gasteiger partial charge in [-0.3, -0.25) is 9.59 Å². The van der Waals surface area contributed by atoms with Gasteiger partial charge in [0.05, 0.1) is 16.2 Å². The van der Waals surface area contributed by atoms with Gasteiger partial charge in [0.1, 0.15) is 18.0 Å². The van der Waals surface area contributed by atoms with Crippen molar-refractivity contribution in [2.75, 3.05) is 19.7 Å². The van der Waals surface area contributed by atoms with Crippen molar-refractivity contribution in [3.8, 4) is 5.75 Å². The molecule has 0 heterocycles. The lowest BCUT2D eigenvalue weighted by atomic mass is 9.85. The number of benzene rings is 1. The minimum absolute atomic E-state index is 0.0338. The van der Waals surface area contributed by atoms with Gasteiger partial charge in [-0.2, -0.15) is 0 Å². The summed E-state index contributed by atoms with van der Waals surface area (Å²) < 4.78 is 7.11. The molecule has 7 nitrogen and oxygen atoms in total. The fraction of sp³-hybridized carbons (Fsp3) is 0.630. The minimum atomic E-state index is -0.963. The van der Waals surface area contributed by atoms with Crippen LogP contribution in [0.4, 0.5) is 0 Å². The normalized spacial score (nSPS) is 22.9. The summed E-state index contributed by atoms with van der Waals surface area (Å²) in [5, 5.41) is 23.4. The van der Waals surface area contributed by atoms with Crippen molar-refractivity contribution in [2.24, 2.45) is 5.92 Å². The largest absolute Gasteiger partial charge is 0.482 e. The van der Waals surface area contributed by atoms with Gasteiger partial charge in [0, 0.05) is 31.5 Å². The number of nitrogens with one attached hydrogen (secondary N) is 1.